The van der Waals surface area contributed by atoms with E-state index < -0.39 is 0 Å². The topological polar surface area (TPSA) is 72.7 Å². The van der Waals surface area contributed by atoms with Crippen molar-refractivity contribution in [2.45, 2.75) is 13.5 Å². The van der Waals surface area contributed by atoms with Gasteiger partial charge in [-0.1, -0.05) is 29.8 Å². The van der Waals surface area contributed by atoms with Crippen LogP contribution < -0.4 is 5.32 Å². The Balaban J connectivity index is 1.68. The fourth-order valence-corrected chi connectivity index (χ4v) is 2.24. The average Bonchev–Trinajstić information content (AvgIpc) is 2.99. The maximum atomic E-state index is 13.5. The molecule has 0 fully saturated rings. The zero-order chi connectivity index (χ0) is 17.1. The number of halogens is 2. The third-order valence-electron chi connectivity index (χ3n) is 3.28. The summed E-state index contributed by atoms with van der Waals surface area (Å²) in [6.07, 6.45) is 0. The van der Waals surface area contributed by atoms with Crippen molar-refractivity contribution in [3.8, 4) is 11.4 Å². The Morgan fingerprint density at radius 2 is 2.12 bits per heavy atom. The zero-order valence-corrected chi connectivity index (χ0v) is 13.5. The Kier molecular flexibility index (Phi) is 4.52. The molecule has 3 aromatic rings. The summed E-state index contributed by atoms with van der Waals surface area (Å²) in [6, 6.07) is 11.5. The van der Waals surface area contributed by atoms with Crippen molar-refractivity contribution in [1.82, 2.24) is 20.2 Å². The number of nitrogens with zero attached hydrogens (tertiary/aromatic N) is 4. The van der Waals surface area contributed by atoms with Gasteiger partial charge in [0.05, 0.1) is 0 Å². The van der Waals surface area contributed by atoms with Crippen LogP contribution in [0.2, 0.25) is 5.02 Å². The maximum Gasteiger partial charge on any atom is 0.248 e. The third kappa shape index (κ3) is 3.75. The van der Waals surface area contributed by atoms with E-state index in [1.807, 2.05) is 0 Å². The number of nitrogens with one attached hydrogen (secondary N) is 1. The van der Waals surface area contributed by atoms with E-state index in [0.29, 0.717) is 27.7 Å². The van der Waals surface area contributed by atoms with Gasteiger partial charge >= 0.3 is 0 Å². The fourth-order valence-electron chi connectivity index (χ4n) is 2.05. The molecular formula is C16H13ClFN5O. The van der Waals surface area contributed by atoms with E-state index >= 15 is 0 Å². The summed E-state index contributed by atoms with van der Waals surface area (Å²) in [5.41, 5.74) is 1.59. The molecule has 0 unspecified atom stereocenters. The highest BCUT2D eigenvalue weighted by molar-refractivity contribution is 6.30. The van der Waals surface area contributed by atoms with Crippen LogP contribution in [0, 0.1) is 12.7 Å². The summed E-state index contributed by atoms with van der Waals surface area (Å²) in [5.74, 6) is -0.394. The lowest BCUT2D eigenvalue weighted by molar-refractivity contribution is -0.117. The van der Waals surface area contributed by atoms with Crippen molar-refractivity contribution in [3.63, 3.8) is 0 Å². The zero-order valence-electron chi connectivity index (χ0n) is 12.7. The second kappa shape index (κ2) is 6.76. The van der Waals surface area contributed by atoms with Crippen LogP contribution in [0.5, 0.6) is 0 Å². The Hall–Kier alpha value is -2.80. The Bertz CT molecular complexity index is 896. The predicted octanol–water partition coefficient (Wildman–Crippen LogP) is 3.08. The summed E-state index contributed by atoms with van der Waals surface area (Å²) >= 11 is 5.92. The molecule has 0 atom stereocenters. The number of tetrazole rings is 1. The Morgan fingerprint density at radius 3 is 2.88 bits per heavy atom. The van der Waals surface area contributed by atoms with E-state index in [1.54, 1.807) is 43.3 Å². The van der Waals surface area contributed by atoms with Gasteiger partial charge in [0, 0.05) is 16.3 Å². The minimum absolute atomic E-state index is 0.136. The van der Waals surface area contributed by atoms with Crippen molar-refractivity contribution in [3.05, 3.63) is 58.9 Å². The molecule has 1 aromatic heterocycles. The Morgan fingerprint density at radius 1 is 1.29 bits per heavy atom. The summed E-state index contributed by atoms with van der Waals surface area (Å²) in [4.78, 5) is 13.2. The molecule has 122 valence electrons. The van der Waals surface area contributed by atoms with Gasteiger partial charge in [0.2, 0.25) is 11.7 Å². The third-order valence-corrected chi connectivity index (χ3v) is 3.51. The standard InChI is InChI=1S/C16H13ClFN5O/c1-10-5-6-13(8-14(10)18)19-15(24)9-23-21-16(20-22-23)11-3-2-4-12(17)7-11/h2-8H,9H2,1H3,(H,19,24). The number of hydrogen-bond acceptors (Lipinski definition) is 4. The number of hydrogen-bond donors (Lipinski definition) is 1. The van der Waals surface area contributed by atoms with Crippen LogP contribution in [-0.4, -0.2) is 26.1 Å². The highest BCUT2D eigenvalue weighted by Crippen LogP contribution is 2.18. The number of carbonyl (C=O) groups excluding carboxylic acids is 1. The number of carbonyl (C=O) groups is 1. The molecule has 0 aliphatic carbocycles. The fraction of sp³-hybridized carbons (Fsp3) is 0.125. The summed E-state index contributed by atoms with van der Waals surface area (Å²) in [7, 11) is 0. The van der Waals surface area contributed by atoms with Crippen LogP contribution in [-0.2, 0) is 11.3 Å². The number of aryl methyl sites for hydroxylation is 1. The van der Waals surface area contributed by atoms with Gasteiger partial charge in [-0.2, -0.15) is 4.80 Å². The second-order valence-electron chi connectivity index (χ2n) is 5.17. The predicted molar refractivity (Wildman–Crippen MR) is 88.0 cm³/mol. The molecule has 0 spiro atoms. The van der Waals surface area contributed by atoms with Crippen LogP contribution in [0.4, 0.5) is 10.1 Å². The van der Waals surface area contributed by atoms with Crippen molar-refractivity contribution < 1.29 is 9.18 Å². The molecular weight excluding hydrogens is 333 g/mol. The van der Waals surface area contributed by atoms with Gasteiger partial charge in [0.25, 0.3) is 0 Å². The molecule has 0 radical (unpaired) electrons. The smallest absolute Gasteiger partial charge is 0.248 e. The van der Waals surface area contributed by atoms with Crippen LogP contribution >= 0.6 is 11.6 Å². The largest absolute Gasteiger partial charge is 0.324 e. The van der Waals surface area contributed by atoms with Gasteiger partial charge in [-0.05, 0) is 42.0 Å². The van der Waals surface area contributed by atoms with Crippen LogP contribution in [0.15, 0.2) is 42.5 Å². The monoisotopic (exact) mass is 345 g/mol. The molecule has 0 saturated heterocycles. The maximum absolute atomic E-state index is 13.5. The molecule has 6 nitrogen and oxygen atoms in total. The van der Waals surface area contributed by atoms with Crippen molar-refractivity contribution in [1.29, 1.82) is 0 Å². The first-order valence-corrected chi connectivity index (χ1v) is 7.49. The molecule has 0 aliphatic rings. The van der Waals surface area contributed by atoms with Gasteiger partial charge in [0.15, 0.2) is 0 Å². The highest BCUT2D eigenvalue weighted by Gasteiger charge is 2.10. The summed E-state index contributed by atoms with van der Waals surface area (Å²) in [5, 5.41) is 15.0. The molecule has 8 heteroatoms. The van der Waals surface area contributed by atoms with E-state index in [2.05, 4.69) is 20.7 Å². The first kappa shape index (κ1) is 16.1. The van der Waals surface area contributed by atoms with Crippen molar-refractivity contribution in [2.24, 2.45) is 0 Å². The molecule has 3 rings (SSSR count). The quantitative estimate of drug-likeness (QED) is 0.788. The summed E-state index contributed by atoms with van der Waals surface area (Å²) < 4.78 is 13.5. The van der Waals surface area contributed by atoms with Crippen molar-refractivity contribution >= 4 is 23.2 Å². The molecule has 24 heavy (non-hydrogen) atoms. The first-order chi connectivity index (χ1) is 11.5. The van der Waals surface area contributed by atoms with E-state index in [4.69, 9.17) is 11.6 Å². The first-order valence-electron chi connectivity index (χ1n) is 7.11. The number of benzene rings is 2. The summed E-state index contributed by atoms with van der Waals surface area (Å²) in [6.45, 7) is 1.51. The lowest BCUT2D eigenvalue weighted by atomic mass is 10.2. The van der Waals surface area contributed by atoms with Crippen molar-refractivity contribution in [2.75, 3.05) is 5.32 Å². The van der Waals surface area contributed by atoms with Gasteiger partial charge in [-0.15, -0.1) is 10.2 Å². The SMILES string of the molecule is Cc1ccc(NC(=O)Cn2nnc(-c3cccc(Cl)c3)n2)cc1F. The van der Waals surface area contributed by atoms with E-state index in [-0.39, 0.29) is 18.3 Å². The van der Waals surface area contributed by atoms with E-state index in [1.165, 1.54) is 6.07 Å². The number of aromatic nitrogens is 4. The van der Waals surface area contributed by atoms with Gasteiger partial charge in [0.1, 0.15) is 12.4 Å². The molecule has 1 N–H and O–H groups in total. The van der Waals surface area contributed by atoms with Gasteiger partial charge < -0.3 is 5.32 Å². The van der Waals surface area contributed by atoms with Crippen LogP contribution in [0.1, 0.15) is 5.56 Å². The van der Waals surface area contributed by atoms with E-state index in [9.17, 15) is 9.18 Å². The van der Waals surface area contributed by atoms with Gasteiger partial charge in [-0.25, -0.2) is 4.39 Å². The van der Waals surface area contributed by atoms with Crippen LogP contribution in [0.3, 0.4) is 0 Å². The average molecular weight is 346 g/mol. The molecule has 0 bridgehead atoms. The van der Waals surface area contributed by atoms with E-state index in [0.717, 1.165) is 4.80 Å². The minimum Gasteiger partial charge on any atom is -0.324 e. The lowest BCUT2D eigenvalue weighted by Crippen LogP contribution is -2.20. The lowest BCUT2D eigenvalue weighted by Gasteiger charge is -2.05. The molecule has 2 aromatic carbocycles. The molecule has 1 heterocycles. The number of rotatable bonds is 4. The molecule has 1 amide bonds. The van der Waals surface area contributed by atoms with Gasteiger partial charge in [-0.3, -0.25) is 4.79 Å². The molecule has 0 saturated carbocycles. The minimum atomic E-state index is -0.381. The Labute approximate surface area is 142 Å². The van der Waals surface area contributed by atoms with Crippen LogP contribution in [0.25, 0.3) is 11.4 Å². The second-order valence-corrected chi connectivity index (χ2v) is 5.60. The normalized spacial score (nSPS) is 10.6. The molecule has 0 aliphatic heterocycles. The highest BCUT2D eigenvalue weighted by atomic mass is 35.5. The number of anilines is 1. The number of amides is 1.